The molecule has 0 aromatic heterocycles. The van der Waals surface area contributed by atoms with E-state index in [0.29, 0.717) is 13.1 Å². The number of carbonyl (C=O) groups is 1. The van der Waals surface area contributed by atoms with Gasteiger partial charge < -0.3 is 15.7 Å². The molecule has 2 rings (SSSR count). The summed E-state index contributed by atoms with van der Waals surface area (Å²) in [4.78, 5) is 13.9. The molecule has 3 N–H and O–H groups in total. The van der Waals surface area contributed by atoms with E-state index in [0.717, 1.165) is 18.4 Å². The Labute approximate surface area is 132 Å². The van der Waals surface area contributed by atoms with Crippen LogP contribution < -0.4 is 5.73 Å². The minimum absolute atomic E-state index is 0. The summed E-state index contributed by atoms with van der Waals surface area (Å²) in [6.07, 6.45) is 1.19. The summed E-state index contributed by atoms with van der Waals surface area (Å²) in [5.74, 6) is 0.201. The Kier molecular flexibility index (Phi) is 6.20. The van der Waals surface area contributed by atoms with Gasteiger partial charge in [0, 0.05) is 13.1 Å². The van der Waals surface area contributed by atoms with Crippen molar-refractivity contribution in [3.8, 4) is 0 Å². The standard InChI is InChI=1S/C16H24N2O2.ClH/c1-16(2,17)15(20)18-10-8-13(9-11-18)14(19)12-6-4-3-5-7-12;/h3-7,13-14,19H,8-11,17H2,1-2H3;1H. The van der Waals surface area contributed by atoms with Gasteiger partial charge in [-0.05, 0) is 38.2 Å². The molecule has 5 heteroatoms. The molecule has 1 amide bonds. The van der Waals surface area contributed by atoms with Crippen molar-refractivity contribution >= 4 is 18.3 Å². The molecule has 0 aliphatic carbocycles. The number of carbonyl (C=O) groups excluding carboxylic acids is 1. The van der Waals surface area contributed by atoms with Crippen LogP contribution in [0.2, 0.25) is 0 Å². The maximum absolute atomic E-state index is 12.1. The zero-order chi connectivity index (χ0) is 14.8. The van der Waals surface area contributed by atoms with E-state index >= 15 is 0 Å². The van der Waals surface area contributed by atoms with E-state index in [9.17, 15) is 9.90 Å². The molecule has 1 fully saturated rings. The number of amides is 1. The molecule has 4 nitrogen and oxygen atoms in total. The van der Waals surface area contributed by atoms with Gasteiger partial charge in [0.25, 0.3) is 0 Å². The van der Waals surface area contributed by atoms with E-state index in [1.165, 1.54) is 0 Å². The molecule has 0 spiro atoms. The second-order valence-corrected chi connectivity index (χ2v) is 6.21. The summed E-state index contributed by atoms with van der Waals surface area (Å²) >= 11 is 0. The molecule has 0 radical (unpaired) electrons. The van der Waals surface area contributed by atoms with Gasteiger partial charge in [0.1, 0.15) is 0 Å². The lowest BCUT2D eigenvalue weighted by molar-refractivity contribution is -0.137. The molecule has 1 saturated heterocycles. The van der Waals surface area contributed by atoms with Crippen molar-refractivity contribution in [1.29, 1.82) is 0 Å². The second kappa shape index (κ2) is 7.25. The number of nitrogens with two attached hydrogens (primary N) is 1. The van der Waals surface area contributed by atoms with Crippen LogP contribution in [0.25, 0.3) is 0 Å². The summed E-state index contributed by atoms with van der Waals surface area (Å²) in [5, 5.41) is 10.4. The van der Waals surface area contributed by atoms with Gasteiger partial charge in [0.15, 0.2) is 0 Å². The minimum atomic E-state index is -0.815. The third kappa shape index (κ3) is 4.43. The SMILES string of the molecule is CC(C)(N)C(=O)N1CCC(C(O)c2ccccc2)CC1.Cl. The second-order valence-electron chi connectivity index (χ2n) is 6.21. The van der Waals surface area contributed by atoms with E-state index in [1.807, 2.05) is 35.2 Å². The number of likely N-dealkylation sites (tertiary alicyclic amines) is 1. The van der Waals surface area contributed by atoms with Crippen LogP contribution in [0, 0.1) is 5.92 Å². The van der Waals surface area contributed by atoms with Crippen molar-refractivity contribution < 1.29 is 9.90 Å². The van der Waals surface area contributed by atoms with Crippen molar-refractivity contribution in [2.24, 2.45) is 11.7 Å². The third-order valence-corrected chi connectivity index (χ3v) is 3.97. The molecule has 1 heterocycles. The molecule has 0 bridgehead atoms. The number of aliphatic hydroxyl groups is 1. The number of piperidine rings is 1. The maximum atomic E-state index is 12.1. The predicted molar refractivity (Wildman–Crippen MR) is 86.2 cm³/mol. The van der Waals surface area contributed by atoms with Crippen molar-refractivity contribution in [1.82, 2.24) is 4.90 Å². The predicted octanol–water partition coefficient (Wildman–Crippen LogP) is 2.12. The highest BCUT2D eigenvalue weighted by molar-refractivity contribution is 5.85. The number of hydrogen-bond donors (Lipinski definition) is 2. The number of benzene rings is 1. The molecule has 118 valence electrons. The molecule has 1 aliphatic heterocycles. The van der Waals surface area contributed by atoms with Crippen LogP contribution >= 0.6 is 12.4 Å². The molecule has 1 unspecified atom stereocenters. The summed E-state index contributed by atoms with van der Waals surface area (Å²) < 4.78 is 0. The van der Waals surface area contributed by atoms with Gasteiger partial charge in [-0.1, -0.05) is 30.3 Å². The van der Waals surface area contributed by atoms with Gasteiger partial charge in [0.2, 0.25) is 5.91 Å². The van der Waals surface area contributed by atoms with Gasteiger partial charge in [0.05, 0.1) is 11.6 Å². The Morgan fingerprint density at radius 3 is 2.29 bits per heavy atom. The summed E-state index contributed by atoms with van der Waals surface area (Å²) in [6, 6.07) is 9.72. The van der Waals surface area contributed by atoms with Gasteiger partial charge in [-0.2, -0.15) is 0 Å². The van der Waals surface area contributed by atoms with Crippen LogP contribution in [0.5, 0.6) is 0 Å². The van der Waals surface area contributed by atoms with Gasteiger partial charge in [-0.15, -0.1) is 12.4 Å². The monoisotopic (exact) mass is 312 g/mol. The Balaban J connectivity index is 0.00000220. The number of nitrogens with zero attached hydrogens (tertiary/aromatic N) is 1. The normalized spacial score (nSPS) is 18.0. The quantitative estimate of drug-likeness (QED) is 0.898. The Bertz CT molecular complexity index is 451. The molecule has 1 aromatic rings. The van der Waals surface area contributed by atoms with Crippen LogP contribution in [0.15, 0.2) is 30.3 Å². The average Bonchev–Trinajstić information content (AvgIpc) is 2.46. The van der Waals surface area contributed by atoms with Crippen molar-refractivity contribution in [3.63, 3.8) is 0 Å². The molecule has 21 heavy (non-hydrogen) atoms. The van der Waals surface area contributed by atoms with E-state index in [2.05, 4.69) is 0 Å². The van der Waals surface area contributed by atoms with Crippen LogP contribution in [-0.4, -0.2) is 34.5 Å². The van der Waals surface area contributed by atoms with Gasteiger partial charge >= 0.3 is 0 Å². The largest absolute Gasteiger partial charge is 0.388 e. The first kappa shape index (κ1) is 18.0. The number of halogens is 1. The lowest BCUT2D eigenvalue weighted by atomic mass is 9.87. The highest BCUT2D eigenvalue weighted by Gasteiger charge is 2.32. The lowest BCUT2D eigenvalue weighted by Crippen LogP contribution is -2.53. The Morgan fingerprint density at radius 1 is 1.29 bits per heavy atom. The average molecular weight is 313 g/mol. The van der Waals surface area contributed by atoms with Crippen molar-refractivity contribution in [2.75, 3.05) is 13.1 Å². The zero-order valence-electron chi connectivity index (χ0n) is 12.7. The molecule has 0 saturated carbocycles. The van der Waals surface area contributed by atoms with E-state index in [4.69, 9.17) is 5.73 Å². The van der Waals surface area contributed by atoms with Crippen LogP contribution in [0.1, 0.15) is 38.4 Å². The fraction of sp³-hybridized carbons (Fsp3) is 0.562. The highest BCUT2D eigenvalue weighted by atomic mass is 35.5. The van der Waals surface area contributed by atoms with Gasteiger partial charge in [-0.25, -0.2) is 0 Å². The Hall–Kier alpha value is -1.10. The smallest absolute Gasteiger partial charge is 0.242 e. The lowest BCUT2D eigenvalue weighted by Gasteiger charge is -2.37. The molecule has 1 aliphatic rings. The third-order valence-electron chi connectivity index (χ3n) is 3.97. The minimum Gasteiger partial charge on any atom is -0.388 e. The van der Waals surface area contributed by atoms with Crippen molar-refractivity contribution in [2.45, 2.75) is 38.3 Å². The highest BCUT2D eigenvalue weighted by Crippen LogP contribution is 2.31. The topological polar surface area (TPSA) is 66.6 Å². The van der Waals surface area contributed by atoms with E-state index in [1.54, 1.807) is 13.8 Å². The fourth-order valence-electron chi connectivity index (χ4n) is 2.75. The summed E-state index contributed by atoms with van der Waals surface area (Å²) in [6.45, 7) is 4.82. The number of hydrogen-bond acceptors (Lipinski definition) is 3. The number of rotatable bonds is 3. The Morgan fingerprint density at radius 2 is 1.81 bits per heavy atom. The van der Waals surface area contributed by atoms with Crippen LogP contribution in [0.4, 0.5) is 0 Å². The fourth-order valence-corrected chi connectivity index (χ4v) is 2.75. The summed E-state index contributed by atoms with van der Waals surface area (Å²) in [7, 11) is 0. The summed E-state index contributed by atoms with van der Waals surface area (Å²) in [5.41, 5.74) is 6.00. The van der Waals surface area contributed by atoms with Crippen LogP contribution in [0.3, 0.4) is 0 Å². The number of aliphatic hydroxyl groups excluding tert-OH is 1. The molecule has 1 atom stereocenters. The van der Waals surface area contributed by atoms with Crippen molar-refractivity contribution in [3.05, 3.63) is 35.9 Å². The molecular weight excluding hydrogens is 288 g/mol. The van der Waals surface area contributed by atoms with Gasteiger partial charge in [-0.3, -0.25) is 4.79 Å². The zero-order valence-corrected chi connectivity index (χ0v) is 13.5. The molecule has 1 aromatic carbocycles. The van der Waals surface area contributed by atoms with E-state index < -0.39 is 11.6 Å². The first-order valence-corrected chi connectivity index (χ1v) is 7.21. The first-order valence-electron chi connectivity index (χ1n) is 7.21. The van der Waals surface area contributed by atoms with E-state index in [-0.39, 0.29) is 24.2 Å². The maximum Gasteiger partial charge on any atom is 0.242 e. The molecular formula is C16H25ClN2O2. The first-order chi connectivity index (χ1) is 9.39. The van der Waals surface area contributed by atoms with Crippen LogP contribution in [-0.2, 0) is 4.79 Å².